The SMILES string of the molecule is O=C(/C=C/c1ccc(O)cc1)O[C@@H]1C[C@@H](OCCCCc2ccccc2)C[C@H](O)[C@H]1O. The Morgan fingerprint density at radius 2 is 1.74 bits per heavy atom. The minimum Gasteiger partial charge on any atom is -0.508 e. The Bertz CT molecular complexity index is 833. The average molecular weight is 427 g/mol. The molecule has 3 rings (SSSR count). The molecule has 0 unspecified atom stereocenters. The number of carbonyl (C=O) groups is 1. The fourth-order valence-electron chi connectivity index (χ4n) is 3.67. The van der Waals surface area contributed by atoms with Gasteiger partial charge in [0, 0.05) is 25.5 Å². The molecular formula is C25H30O6. The highest BCUT2D eigenvalue weighted by molar-refractivity contribution is 5.87. The number of aliphatic hydroxyl groups excluding tert-OH is 2. The lowest BCUT2D eigenvalue weighted by Gasteiger charge is -2.36. The summed E-state index contributed by atoms with van der Waals surface area (Å²) in [6, 6.07) is 16.7. The highest BCUT2D eigenvalue weighted by Crippen LogP contribution is 2.25. The van der Waals surface area contributed by atoms with Gasteiger partial charge in [0.2, 0.25) is 0 Å². The molecule has 0 aliphatic heterocycles. The van der Waals surface area contributed by atoms with Crippen molar-refractivity contribution in [1.29, 1.82) is 0 Å². The molecule has 31 heavy (non-hydrogen) atoms. The van der Waals surface area contributed by atoms with Crippen LogP contribution in [0.3, 0.4) is 0 Å². The van der Waals surface area contributed by atoms with E-state index in [-0.39, 0.29) is 11.9 Å². The van der Waals surface area contributed by atoms with Crippen LogP contribution in [0, 0.1) is 0 Å². The topological polar surface area (TPSA) is 96.2 Å². The van der Waals surface area contributed by atoms with Gasteiger partial charge in [-0.2, -0.15) is 0 Å². The summed E-state index contributed by atoms with van der Waals surface area (Å²) in [5.41, 5.74) is 2.03. The Morgan fingerprint density at radius 1 is 1.00 bits per heavy atom. The average Bonchev–Trinajstić information content (AvgIpc) is 2.77. The number of aliphatic hydroxyl groups is 2. The second-order valence-electron chi connectivity index (χ2n) is 7.87. The summed E-state index contributed by atoms with van der Waals surface area (Å²) in [5.74, 6) is -0.460. The first-order valence-corrected chi connectivity index (χ1v) is 10.7. The van der Waals surface area contributed by atoms with Crippen LogP contribution >= 0.6 is 0 Å². The van der Waals surface area contributed by atoms with Gasteiger partial charge in [0.25, 0.3) is 0 Å². The molecule has 1 fully saturated rings. The number of carbonyl (C=O) groups excluding carboxylic acids is 1. The number of phenols is 1. The zero-order valence-corrected chi connectivity index (χ0v) is 17.5. The minimum absolute atomic E-state index is 0.144. The van der Waals surface area contributed by atoms with Crippen molar-refractivity contribution in [2.75, 3.05) is 6.61 Å². The summed E-state index contributed by atoms with van der Waals surface area (Å²) in [6.45, 7) is 0.557. The van der Waals surface area contributed by atoms with Crippen molar-refractivity contribution in [2.24, 2.45) is 0 Å². The molecule has 1 aliphatic rings. The Labute approximate surface area is 182 Å². The van der Waals surface area contributed by atoms with Gasteiger partial charge in [-0.15, -0.1) is 0 Å². The number of hydrogen-bond donors (Lipinski definition) is 3. The van der Waals surface area contributed by atoms with Crippen molar-refractivity contribution >= 4 is 12.0 Å². The fourth-order valence-corrected chi connectivity index (χ4v) is 3.67. The van der Waals surface area contributed by atoms with Crippen LogP contribution < -0.4 is 0 Å². The first-order chi connectivity index (χ1) is 15.0. The van der Waals surface area contributed by atoms with E-state index in [1.54, 1.807) is 18.2 Å². The standard InChI is InChI=1S/C25H30O6/c26-20-12-9-19(10-13-20)11-14-24(28)31-23-17-21(16-22(27)25(23)29)30-15-5-4-8-18-6-2-1-3-7-18/h1-3,6-7,9-14,21-23,25-27,29H,4-5,8,15-17H2/b14-11+/t21-,22-,23+,25+/m0/s1. The van der Waals surface area contributed by atoms with Gasteiger partial charge in [0.15, 0.2) is 0 Å². The van der Waals surface area contributed by atoms with Gasteiger partial charge in [-0.05, 0) is 48.6 Å². The maximum absolute atomic E-state index is 12.2. The Morgan fingerprint density at radius 3 is 2.48 bits per heavy atom. The number of hydrogen-bond acceptors (Lipinski definition) is 6. The van der Waals surface area contributed by atoms with E-state index in [1.807, 2.05) is 18.2 Å². The molecule has 3 N–H and O–H groups in total. The summed E-state index contributed by atoms with van der Waals surface area (Å²) >= 11 is 0. The van der Waals surface area contributed by atoms with Crippen LogP contribution in [-0.2, 0) is 20.7 Å². The Hall–Kier alpha value is -2.67. The molecule has 2 aromatic rings. The van der Waals surface area contributed by atoms with E-state index in [4.69, 9.17) is 9.47 Å². The Balaban J connectivity index is 1.42. The predicted octanol–water partition coefficient (Wildman–Crippen LogP) is 3.24. The number of aromatic hydroxyl groups is 1. The van der Waals surface area contributed by atoms with E-state index in [1.165, 1.54) is 23.8 Å². The molecule has 0 spiro atoms. The highest BCUT2D eigenvalue weighted by Gasteiger charge is 2.38. The van der Waals surface area contributed by atoms with Crippen LogP contribution in [0.5, 0.6) is 5.75 Å². The molecule has 166 valence electrons. The first-order valence-electron chi connectivity index (χ1n) is 10.7. The molecule has 4 atom stereocenters. The molecule has 2 aromatic carbocycles. The van der Waals surface area contributed by atoms with Gasteiger partial charge in [0.05, 0.1) is 12.2 Å². The van der Waals surface area contributed by atoms with Gasteiger partial charge < -0.3 is 24.8 Å². The predicted molar refractivity (Wildman–Crippen MR) is 117 cm³/mol. The van der Waals surface area contributed by atoms with E-state index in [2.05, 4.69) is 12.1 Å². The molecule has 0 radical (unpaired) electrons. The van der Waals surface area contributed by atoms with Crippen LogP contribution in [0.2, 0.25) is 0 Å². The Kier molecular flexibility index (Phi) is 8.64. The van der Waals surface area contributed by atoms with E-state index in [0.717, 1.165) is 24.8 Å². The third kappa shape index (κ3) is 7.51. The molecule has 0 amide bonds. The lowest BCUT2D eigenvalue weighted by molar-refractivity contribution is -0.170. The molecule has 1 aliphatic carbocycles. The highest BCUT2D eigenvalue weighted by atomic mass is 16.6. The van der Waals surface area contributed by atoms with Gasteiger partial charge in [-0.25, -0.2) is 4.79 Å². The summed E-state index contributed by atoms with van der Waals surface area (Å²) in [6.07, 6.45) is 3.14. The van der Waals surface area contributed by atoms with E-state index < -0.39 is 24.3 Å². The van der Waals surface area contributed by atoms with Gasteiger partial charge in [0.1, 0.15) is 18.0 Å². The molecule has 6 nitrogen and oxygen atoms in total. The summed E-state index contributed by atoms with van der Waals surface area (Å²) in [4.78, 5) is 12.2. The van der Waals surface area contributed by atoms with Crippen LogP contribution in [0.25, 0.3) is 6.08 Å². The zero-order valence-electron chi connectivity index (χ0n) is 17.5. The van der Waals surface area contributed by atoms with Gasteiger partial charge in [-0.3, -0.25) is 0 Å². The number of esters is 1. The van der Waals surface area contributed by atoms with Crippen molar-refractivity contribution in [3.63, 3.8) is 0 Å². The molecule has 0 aromatic heterocycles. The molecule has 1 saturated carbocycles. The second-order valence-corrected chi connectivity index (χ2v) is 7.87. The summed E-state index contributed by atoms with van der Waals surface area (Å²) in [5, 5.41) is 29.7. The molecule has 0 heterocycles. The van der Waals surface area contributed by atoms with Crippen LogP contribution in [-0.4, -0.2) is 52.3 Å². The number of rotatable bonds is 9. The van der Waals surface area contributed by atoms with Crippen molar-refractivity contribution in [1.82, 2.24) is 0 Å². The maximum atomic E-state index is 12.2. The zero-order chi connectivity index (χ0) is 22.1. The summed E-state index contributed by atoms with van der Waals surface area (Å²) < 4.78 is 11.3. The largest absolute Gasteiger partial charge is 0.508 e. The summed E-state index contributed by atoms with van der Waals surface area (Å²) in [7, 11) is 0. The van der Waals surface area contributed by atoms with E-state index in [0.29, 0.717) is 19.4 Å². The third-order valence-corrected chi connectivity index (χ3v) is 5.40. The number of unbranched alkanes of at least 4 members (excludes halogenated alkanes) is 1. The second kappa shape index (κ2) is 11.6. The molecular weight excluding hydrogens is 396 g/mol. The molecule has 6 heteroatoms. The first kappa shape index (κ1) is 23.0. The van der Waals surface area contributed by atoms with Gasteiger partial charge in [-0.1, -0.05) is 42.5 Å². The fraction of sp³-hybridized carbons (Fsp3) is 0.400. The van der Waals surface area contributed by atoms with Crippen LogP contribution in [0.1, 0.15) is 36.8 Å². The van der Waals surface area contributed by atoms with Crippen molar-refractivity contribution < 1.29 is 29.6 Å². The van der Waals surface area contributed by atoms with Gasteiger partial charge >= 0.3 is 5.97 Å². The third-order valence-electron chi connectivity index (χ3n) is 5.40. The quantitative estimate of drug-likeness (QED) is 0.324. The van der Waals surface area contributed by atoms with Crippen molar-refractivity contribution in [3.8, 4) is 5.75 Å². The van der Waals surface area contributed by atoms with Crippen molar-refractivity contribution in [2.45, 2.75) is 56.5 Å². The normalized spacial score (nSPS) is 23.7. The number of benzene rings is 2. The monoisotopic (exact) mass is 426 g/mol. The van der Waals surface area contributed by atoms with Crippen LogP contribution in [0.15, 0.2) is 60.7 Å². The van der Waals surface area contributed by atoms with Crippen LogP contribution in [0.4, 0.5) is 0 Å². The smallest absolute Gasteiger partial charge is 0.331 e. The number of phenolic OH excluding ortho intramolecular Hbond substituents is 1. The molecule has 0 saturated heterocycles. The van der Waals surface area contributed by atoms with Crippen molar-refractivity contribution in [3.05, 3.63) is 71.8 Å². The lowest BCUT2D eigenvalue weighted by atomic mass is 9.89. The molecule has 0 bridgehead atoms. The maximum Gasteiger partial charge on any atom is 0.331 e. The van der Waals surface area contributed by atoms with E-state index in [9.17, 15) is 20.1 Å². The lowest BCUT2D eigenvalue weighted by Crippen LogP contribution is -2.48. The number of aryl methyl sites for hydroxylation is 1. The van der Waals surface area contributed by atoms with E-state index >= 15 is 0 Å². The number of ether oxygens (including phenoxy) is 2. The minimum atomic E-state index is -1.14.